The van der Waals surface area contributed by atoms with Gasteiger partial charge in [0.05, 0.1) is 22.1 Å². The number of aromatic nitrogens is 3. The van der Waals surface area contributed by atoms with Crippen molar-refractivity contribution in [2.75, 3.05) is 11.1 Å². The third-order valence-corrected chi connectivity index (χ3v) is 4.78. The summed E-state index contributed by atoms with van der Waals surface area (Å²) >= 11 is 5.84. The van der Waals surface area contributed by atoms with Gasteiger partial charge in [-0.15, -0.1) is 0 Å². The molecule has 0 aliphatic heterocycles. The number of ether oxygens (including phenoxy) is 1. The summed E-state index contributed by atoms with van der Waals surface area (Å²) in [5, 5.41) is 4.03. The number of nitrogens with zero attached hydrogens (tertiary/aromatic N) is 3. The van der Waals surface area contributed by atoms with E-state index < -0.39 is 0 Å². The highest BCUT2D eigenvalue weighted by Crippen LogP contribution is 2.26. The Labute approximate surface area is 167 Å². The van der Waals surface area contributed by atoms with Crippen LogP contribution in [0, 0.1) is 0 Å². The number of nitrogen functional groups attached to an aromatic ring is 1. The van der Waals surface area contributed by atoms with Gasteiger partial charge >= 0.3 is 0 Å². The van der Waals surface area contributed by atoms with Crippen molar-refractivity contribution >= 4 is 34.3 Å². The van der Waals surface area contributed by atoms with Gasteiger partial charge < -0.3 is 20.4 Å². The van der Waals surface area contributed by atoms with E-state index in [1.807, 2.05) is 54.1 Å². The van der Waals surface area contributed by atoms with Crippen LogP contribution in [0.3, 0.4) is 0 Å². The van der Waals surface area contributed by atoms with Crippen LogP contribution in [0.5, 0.6) is 11.6 Å². The quantitative estimate of drug-likeness (QED) is 0.457. The third kappa shape index (κ3) is 3.73. The molecule has 0 radical (unpaired) electrons. The monoisotopic (exact) mass is 393 g/mol. The number of benzene rings is 2. The average Bonchev–Trinajstić information content (AvgIpc) is 2.99. The maximum Gasteiger partial charge on any atom is 0.219 e. The van der Waals surface area contributed by atoms with Crippen LogP contribution in [0.25, 0.3) is 11.0 Å². The normalized spacial score (nSPS) is 12.1. The molecular weight excluding hydrogens is 374 g/mol. The second-order valence-electron chi connectivity index (χ2n) is 6.59. The largest absolute Gasteiger partial charge is 0.439 e. The first-order chi connectivity index (χ1) is 13.5. The number of pyridine rings is 1. The molecule has 4 rings (SSSR count). The molecule has 142 valence electrons. The lowest BCUT2D eigenvalue weighted by Crippen LogP contribution is -2.10. The molecule has 3 N–H and O–H groups in total. The smallest absolute Gasteiger partial charge is 0.219 e. The number of nitrogens with two attached hydrogens (primary N) is 1. The third-order valence-electron chi connectivity index (χ3n) is 4.55. The molecule has 0 spiro atoms. The van der Waals surface area contributed by atoms with Crippen molar-refractivity contribution < 1.29 is 4.74 Å². The lowest BCUT2D eigenvalue weighted by Gasteiger charge is -2.15. The molecule has 4 aromatic rings. The number of hydrogen-bond donors (Lipinski definition) is 2. The number of nitrogens with one attached hydrogen (secondary N) is 1. The van der Waals surface area contributed by atoms with Gasteiger partial charge in [-0.1, -0.05) is 23.7 Å². The first-order valence-electron chi connectivity index (χ1n) is 8.87. The van der Waals surface area contributed by atoms with Crippen LogP contribution in [0.1, 0.15) is 18.5 Å². The fourth-order valence-electron chi connectivity index (χ4n) is 2.98. The van der Waals surface area contributed by atoms with Gasteiger partial charge in [0, 0.05) is 25.0 Å². The highest BCUT2D eigenvalue weighted by molar-refractivity contribution is 6.30. The Morgan fingerprint density at radius 3 is 2.61 bits per heavy atom. The number of rotatable bonds is 5. The highest BCUT2D eigenvalue weighted by Gasteiger charge is 2.12. The number of hydrogen-bond acceptors (Lipinski definition) is 5. The summed E-state index contributed by atoms with van der Waals surface area (Å²) in [6.45, 7) is 2.09. The zero-order valence-electron chi connectivity index (χ0n) is 15.6. The summed E-state index contributed by atoms with van der Waals surface area (Å²) in [4.78, 5) is 8.79. The fraction of sp³-hybridized carbons (Fsp3) is 0.143. The average molecular weight is 394 g/mol. The van der Waals surface area contributed by atoms with Crippen molar-refractivity contribution in [3.8, 4) is 11.6 Å². The van der Waals surface area contributed by atoms with E-state index in [1.54, 1.807) is 18.3 Å². The van der Waals surface area contributed by atoms with Crippen molar-refractivity contribution in [3.63, 3.8) is 0 Å². The van der Waals surface area contributed by atoms with E-state index in [1.165, 1.54) is 0 Å². The van der Waals surface area contributed by atoms with Gasteiger partial charge in [-0.05, 0) is 48.9 Å². The Kier molecular flexibility index (Phi) is 4.79. The van der Waals surface area contributed by atoms with Crippen LogP contribution in [0.15, 0.2) is 60.8 Å². The Morgan fingerprint density at radius 1 is 1.11 bits per heavy atom. The summed E-state index contributed by atoms with van der Waals surface area (Å²) in [7, 11) is 1.97. The first-order valence-corrected chi connectivity index (χ1v) is 9.25. The number of halogens is 1. The minimum Gasteiger partial charge on any atom is -0.439 e. The van der Waals surface area contributed by atoms with Crippen LogP contribution < -0.4 is 15.8 Å². The van der Waals surface area contributed by atoms with E-state index in [4.69, 9.17) is 22.1 Å². The molecule has 1 unspecified atom stereocenters. The van der Waals surface area contributed by atoms with Crippen molar-refractivity contribution in [1.82, 2.24) is 14.5 Å². The van der Waals surface area contributed by atoms with Crippen LogP contribution >= 0.6 is 11.6 Å². The highest BCUT2D eigenvalue weighted by atomic mass is 35.5. The van der Waals surface area contributed by atoms with Gasteiger partial charge in [0.25, 0.3) is 0 Å². The fourth-order valence-corrected chi connectivity index (χ4v) is 3.09. The molecule has 2 aromatic carbocycles. The minimum atomic E-state index is 0.0653. The van der Waals surface area contributed by atoms with E-state index in [0.717, 1.165) is 28.2 Å². The summed E-state index contributed by atoms with van der Waals surface area (Å²) in [5.74, 6) is 2.00. The van der Waals surface area contributed by atoms with Crippen LogP contribution in [0.4, 0.5) is 11.6 Å². The lowest BCUT2D eigenvalue weighted by atomic mass is 10.1. The lowest BCUT2D eigenvalue weighted by molar-refractivity contribution is 0.462. The Bertz CT molecular complexity index is 1110. The molecule has 0 amide bonds. The topological polar surface area (TPSA) is 78.0 Å². The van der Waals surface area contributed by atoms with E-state index >= 15 is 0 Å². The van der Waals surface area contributed by atoms with E-state index in [0.29, 0.717) is 16.7 Å². The first kappa shape index (κ1) is 18.1. The SMILES string of the molecule is CC(Nc1nc2ccc(N)cc2n1C)c1ccc(Oc2ccc(Cl)cn2)cc1. The van der Waals surface area contributed by atoms with Gasteiger partial charge in [0.1, 0.15) is 5.75 Å². The van der Waals surface area contributed by atoms with Crippen LogP contribution in [0.2, 0.25) is 5.02 Å². The summed E-state index contributed by atoms with van der Waals surface area (Å²) in [5.41, 5.74) is 9.63. The number of aryl methyl sites for hydroxylation is 1. The molecule has 0 aliphatic carbocycles. The summed E-state index contributed by atoms with van der Waals surface area (Å²) < 4.78 is 7.74. The Hall–Kier alpha value is -3.25. The van der Waals surface area contributed by atoms with Gasteiger partial charge in [-0.3, -0.25) is 0 Å². The summed E-state index contributed by atoms with van der Waals surface area (Å²) in [6, 6.07) is 17.1. The Morgan fingerprint density at radius 2 is 1.89 bits per heavy atom. The van der Waals surface area contributed by atoms with Crippen molar-refractivity contribution in [2.45, 2.75) is 13.0 Å². The molecular formula is C21H20ClN5O. The number of imidazole rings is 1. The van der Waals surface area contributed by atoms with Crippen LogP contribution in [-0.2, 0) is 7.05 Å². The second kappa shape index (κ2) is 7.40. The van der Waals surface area contributed by atoms with E-state index in [2.05, 4.69) is 22.2 Å². The maximum absolute atomic E-state index is 5.89. The molecule has 0 saturated heterocycles. The van der Waals surface area contributed by atoms with Crippen molar-refractivity contribution in [1.29, 1.82) is 0 Å². The molecule has 2 aromatic heterocycles. The standard InChI is InChI=1S/C21H20ClN5O/c1-13(25-21-26-18-9-6-16(23)11-19(18)27(21)2)14-3-7-17(8-4-14)28-20-10-5-15(22)12-24-20/h3-13H,23H2,1-2H3,(H,25,26). The number of anilines is 2. The molecule has 0 fully saturated rings. The van der Waals surface area contributed by atoms with Crippen molar-refractivity contribution in [2.24, 2.45) is 7.05 Å². The molecule has 7 heteroatoms. The molecule has 1 atom stereocenters. The van der Waals surface area contributed by atoms with Gasteiger partial charge in [0.15, 0.2) is 0 Å². The van der Waals surface area contributed by atoms with E-state index in [9.17, 15) is 0 Å². The van der Waals surface area contributed by atoms with Crippen LogP contribution in [-0.4, -0.2) is 14.5 Å². The molecule has 0 bridgehead atoms. The zero-order valence-corrected chi connectivity index (χ0v) is 16.3. The zero-order chi connectivity index (χ0) is 19.7. The predicted molar refractivity (Wildman–Crippen MR) is 113 cm³/mol. The molecule has 0 saturated carbocycles. The summed E-state index contributed by atoms with van der Waals surface area (Å²) in [6.07, 6.45) is 1.56. The molecule has 2 heterocycles. The molecule has 0 aliphatic rings. The molecule has 28 heavy (non-hydrogen) atoms. The van der Waals surface area contributed by atoms with Gasteiger partial charge in [-0.2, -0.15) is 0 Å². The number of fused-ring (bicyclic) bond motifs is 1. The minimum absolute atomic E-state index is 0.0653. The van der Waals surface area contributed by atoms with Crippen molar-refractivity contribution in [3.05, 3.63) is 71.4 Å². The van der Waals surface area contributed by atoms with E-state index in [-0.39, 0.29) is 6.04 Å². The second-order valence-corrected chi connectivity index (χ2v) is 7.03. The van der Waals surface area contributed by atoms with Gasteiger partial charge in [0.2, 0.25) is 11.8 Å². The maximum atomic E-state index is 5.89. The van der Waals surface area contributed by atoms with Gasteiger partial charge in [-0.25, -0.2) is 9.97 Å². The predicted octanol–water partition coefficient (Wildman–Crippen LogP) is 5.17. The Balaban J connectivity index is 1.48. The molecule has 6 nitrogen and oxygen atoms in total.